The molecule has 0 spiro atoms. The third kappa shape index (κ3) is 10.3. The van der Waals surface area contributed by atoms with E-state index in [2.05, 4.69) is 30.8 Å². The van der Waals surface area contributed by atoms with Gasteiger partial charge < -0.3 is 5.32 Å². The van der Waals surface area contributed by atoms with E-state index < -0.39 is 10.0 Å². The van der Waals surface area contributed by atoms with Crippen molar-refractivity contribution in [2.45, 2.75) is 72.9 Å². The molecule has 2 N–H and O–H groups in total. The molecule has 5 heteroatoms. The lowest BCUT2D eigenvalue weighted by atomic mass is 9.89. The summed E-state index contributed by atoms with van der Waals surface area (Å²) in [6.07, 6.45) is 1.57. The van der Waals surface area contributed by atoms with Crippen LogP contribution >= 0.6 is 0 Å². The predicted octanol–water partition coefficient (Wildman–Crippen LogP) is 2.51. The Morgan fingerprint density at radius 1 is 1.00 bits per heavy atom. The van der Waals surface area contributed by atoms with Crippen molar-refractivity contribution in [3.63, 3.8) is 0 Å². The minimum Gasteiger partial charge on any atom is -0.312 e. The first-order valence-corrected chi connectivity index (χ1v) is 8.74. The van der Waals surface area contributed by atoms with E-state index in [9.17, 15) is 8.42 Å². The number of sulfonamides is 1. The van der Waals surface area contributed by atoms with E-state index in [4.69, 9.17) is 0 Å². The molecule has 0 heterocycles. The van der Waals surface area contributed by atoms with Crippen molar-refractivity contribution < 1.29 is 8.42 Å². The number of nitrogens with one attached hydrogen (secondary N) is 2. The van der Waals surface area contributed by atoms with Gasteiger partial charge in [-0.2, -0.15) is 0 Å². The normalized spacial score (nSPS) is 15.5. The fourth-order valence-electron chi connectivity index (χ4n) is 1.39. The van der Waals surface area contributed by atoms with Gasteiger partial charge in [0.15, 0.2) is 0 Å². The van der Waals surface area contributed by atoms with Gasteiger partial charge in [-0.3, -0.25) is 0 Å². The maximum absolute atomic E-state index is 11.9. The highest BCUT2D eigenvalue weighted by Crippen LogP contribution is 2.19. The Morgan fingerprint density at radius 3 is 1.95 bits per heavy atom. The highest BCUT2D eigenvalue weighted by Gasteiger charge is 2.24. The van der Waals surface area contributed by atoms with Crippen LogP contribution in [-0.2, 0) is 10.0 Å². The van der Waals surface area contributed by atoms with Gasteiger partial charge in [-0.25, -0.2) is 13.1 Å². The molecule has 1 atom stereocenters. The number of unbranched alkanes of at least 4 members (excludes halogenated alkanes) is 1. The molecule has 0 aliphatic rings. The quantitative estimate of drug-likeness (QED) is 0.709. The number of hydrogen-bond acceptors (Lipinski definition) is 3. The van der Waals surface area contributed by atoms with Crippen molar-refractivity contribution in [1.82, 2.24) is 10.0 Å². The average Bonchev–Trinajstić information content (AvgIpc) is 2.12. The molecule has 0 saturated heterocycles. The van der Waals surface area contributed by atoms with Crippen molar-refractivity contribution in [1.29, 1.82) is 0 Å². The van der Waals surface area contributed by atoms with Crippen LogP contribution < -0.4 is 10.0 Å². The number of rotatable bonds is 7. The third-order valence-corrected chi connectivity index (χ3v) is 4.69. The second kappa shape index (κ2) is 7.04. The molecule has 0 aliphatic heterocycles. The Morgan fingerprint density at radius 2 is 1.53 bits per heavy atom. The molecule has 0 unspecified atom stereocenters. The van der Waals surface area contributed by atoms with Crippen LogP contribution in [0.2, 0.25) is 0 Å². The lowest BCUT2D eigenvalue weighted by Crippen LogP contribution is -2.42. The fourth-order valence-corrected chi connectivity index (χ4v) is 2.98. The second-order valence-electron chi connectivity index (χ2n) is 7.41. The Hall–Kier alpha value is -0.130. The summed E-state index contributed by atoms with van der Waals surface area (Å²) in [5.74, 6) is 0.208. The van der Waals surface area contributed by atoms with E-state index in [-0.39, 0.29) is 22.7 Å². The van der Waals surface area contributed by atoms with Crippen molar-refractivity contribution in [2.75, 3.05) is 12.3 Å². The highest BCUT2D eigenvalue weighted by atomic mass is 32.2. The molecule has 0 radical (unpaired) electrons. The average molecular weight is 292 g/mol. The first-order chi connectivity index (χ1) is 8.33. The van der Waals surface area contributed by atoms with E-state index >= 15 is 0 Å². The van der Waals surface area contributed by atoms with Gasteiger partial charge in [0.05, 0.1) is 5.75 Å². The number of hydrogen-bond donors (Lipinski definition) is 2. The van der Waals surface area contributed by atoms with Gasteiger partial charge in [-0.1, -0.05) is 20.8 Å². The minimum atomic E-state index is -3.16. The lowest BCUT2D eigenvalue weighted by molar-refractivity contribution is 0.317. The zero-order chi connectivity index (χ0) is 15.3. The van der Waals surface area contributed by atoms with Gasteiger partial charge in [0.2, 0.25) is 10.0 Å². The standard InChI is InChI=1S/C14H32N2O2S/c1-12(13(2,3)4)16-19(17,18)11-9-8-10-15-14(5,6)7/h12,15-16H,8-11H2,1-7H3/t12-/m1/s1. The molecule has 0 aromatic carbocycles. The van der Waals surface area contributed by atoms with Gasteiger partial charge in [-0.15, -0.1) is 0 Å². The van der Waals surface area contributed by atoms with Crippen LogP contribution in [0.25, 0.3) is 0 Å². The Kier molecular flexibility index (Phi) is 7.00. The minimum absolute atomic E-state index is 0.0507. The Labute approximate surface area is 119 Å². The Balaban J connectivity index is 4.00. The molecule has 0 amide bonds. The van der Waals surface area contributed by atoms with Crippen LogP contribution in [0, 0.1) is 5.41 Å². The second-order valence-corrected chi connectivity index (χ2v) is 9.28. The summed E-state index contributed by atoms with van der Waals surface area (Å²) in [5.41, 5.74) is 0.0404. The molecule has 0 bridgehead atoms. The SMILES string of the molecule is C[C@@H](NS(=O)(=O)CCCCNC(C)(C)C)C(C)(C)C. The summed E-state index contributed by atoms with van der Waals surface area (Å²) >= 11 is 0. The topological polar surface area (TPSA) is 58.2 Å². The van der Waals surface area contributed by atoms with Gasteiger partial charge in [0, 0.05) is 11.6 Å². The largest absolute Gasteiger partial charge is 0.312 e. The molecular weight excluding hydrogens is 260 g/mol. The smallest absolute Gasteiger partial charge is 0.211 e. The van der Waals surface area contributed by atoms with Crippen LogP contribution in [-0.4, -0.2) is 32.3 Å². The van der Waals surface area contributed by atoms with Gasteiger partial charge in [0.1, 0.15) is 0 Å². The lowest BCUT2D eigenvalue weighted by Gasteiger charge is -2.27. The van der Waals surface area contributed by atoms with Crippen LogP contribution in [0.1, 0.15) is 61.3 Å². The monoisotopic (exact) mass is 292 g/mol. The molecule has 116 valence electrons. The van der Waals surface area contributed by atoms with Crippen LogP contribution in [0.4, 0.5) is 0 Å². The van der Waals surface area contributed by atoms with E-state index in [1.54, 1.807) is 0 Å². The highest BCUT2D eigenvalue weighted by molar-refractivity contribution is 7.89. The molecule has 0 aliphatic carbocycles. The van der Waals surface area contributed by atoms with Gasteiger partial charge >= 0.3 is 0 Å². The molecule has 0 fully saturated rings. The van der Waals surface area contributed by atoms with Gasteiger partial charge in [0.25, 0.3) is 0 Å². The molecular formula is C14H32N2O2S. The van der Waals surface area contributed by atoms with Crippen LogP contribution in [0.3, 0.4) is 0 Å². The zero-order valence-corrected chi connectivity index (χ0v) is 14.4. The van der Waals surface area contributed by atoms with E-state index in [0.29, 0.717) is 6.42 Å². The summed E-state index contributed by atoms with van der Waals surface area (Å²) in [6, 6.07) is -0.0507. The summed E-state index contributed by atoms with van der Waals surface area (Å²) in [6.45, 7) is 15.2. The summed E-state index contributed by atoms with van der Waals surface area (Å²) in [7, 11) is -3.16. The molecule has 0 aromatic rings. The molecule has 0 aromatic heterocycles. The molecule has 0 rings (SSSR count). The summed E-state index contributed by atoms with van der Waals surface area (Å²) in [5, 5.41) is 3.36. The van der Waals surface area contributed by atoms with Crippen LogP contribution in [0.15, 0.2) is 0 Å². The molecule has 0 saturated carbocycles. The maximum Gasteiger partial charge on any atom is 0.211 e. The first kappa shape index (κ1) is 18.9. The maximum atomic E-state index is 11.9. The predicted molar refractivity (Wildman–Crippen MR) is 82.8 cm³/mol. The van der Waals surface area contributed by atoms with E-state index in [1.807, 2.05) is 27.7 Å². The van der Waals surface area contributed by atoms with Crippen molar-refractivity contribution >= 4 is 10.0 Å². The van der Waals surface area contributed by atoms with Gasteiger partial charge in [-0.05, 0) is 52.5 Å². The summed E-state index contributed by atoms with van der Waals surface area (Å²) in [4.78, 5) is 0. The Bertz CT molecular complexity index is 351. The zero-order valence-electron chi connectivity index (χ0n) is 13.6. The molecule has 4 nitrogen and oxygen atoms in total. The van der Waals surface area contributed by atoms with Crippen molar-refractivity contribution in [3.05, 3.63) is 0 Å². The van der Waals surface area contributed by atoms with Crippen molar-refractivity contribution in [3.8, 4) is 0 Å². The fraction of sp³-hybridized carbons (Fsp3) is 1.00. The molecule has 19 heavy (non-hydrogen) atoms. The third-order valence-electron chi connectivity index (χ3n) is 3.15. The summed E-state index contributed by atoms with van der Waals surface area (Å²) < 4.78 is 26.6. The first-order valence-electron chi connectivity index (χ1n) is 7.08. The van der Waals surface area contributed by atoms with Crippen molar-refractivity contribution in [2.24, 2.45) is 5.41 Å². The van der Waals surface area contributed by atoms with E-state index in [1.165, 1.54) is 0 Å². The van der Waals surface area contributed by atoms with E-state index in [0.717, 1.165) is 13.0 Å². The van der Waals surface area contributed by atoms with Crippen LogP contribution in [0.5, 0.6) is 0 Å².